The third-order valence-electron chi connectivity index (χ3n) is 3.09. The van der Waals surface area contributed by atoms with Gasteiger partial charge in [0, 0.05) is 23.3 Å². The summed E-state index contributed by atoms with van der Waals surface area (Å²) in [5.41, 5.74) is 1.27. The number of hydrogen-bond acceptors (Lipinski definition) is 5. The third-order valence-corrected chi connectivity index (χ3v) is 5.16. The number of nitrogens with zero attached hydrogens (tertiary/aromatic N) is 2. The van der Waals surface area contributed by atoms with Gasteiger partial charge in [-0.05, 0) is 24.4 Å². The average Bonchev–Trinajstić information content (AvgIpc) is 3.07. The summed E-state index contributed by atoms with van der Waals surface area (Å²) in [4.78, 5) is 9.87. The second kappa shape index (κ2) is 7.76. The first-order valence-electron chi connectivity index (χ1n) is 7.17. The lowest BCUT2D eigenvalue weighted by Gasteiger charge is -2.14. The summed E-state index contributed by atoms with van der Waals surface area (Å²) < 4.78 is 0. The molecule has 1 N–H and O–H groups in total. The van der Waals surface area contributed by atoms with E-state index in [9.17, 15) is 0 Å². The predicted octanol–water partition coefficient (Wildman–Crippen LogP) is 3.90. The van der Waals surface area contributed by atoms with Crippen molar-refractivity contribution >= 4 is 27.8 Å². The van der Waals surface area contributed by atoms with E-state index in [4.69, 9.17) is 4.98 Å². The lowest BCUT2D eigenvalue weighted by molar-refractivity contribution is 0.723. The van der Waals surface area contributed by atoms with Crippen molar-refractivity contribution < 1.29 is 0 Å². The van der Waals surface area contributed by atoms with Gasteiger partial charge in [-0.25, -0.2) is 4.98 Å². The van der Waals surface area contributed by atoms with E-state index in [1.165, 1.54) is 15.4 Å². The fraction of sp³-hybridized carbons (Fsp3) is 0.533. The zero-order valence-corrected chi connectivity index (χ0v) is 14.1. The van der Waals surface area contributed by atoms with E-state index in [1.54, 1.807) is 11.3 Å². The van der Waals surface area contributed by atoms with Crippen LogP contribution in [0, 0.1) is 0 Å². The maximum absolute atomic E-state index is 4.84. The monoisotopic (exact) mass is 309 g/mol. The number of rotatable bonds is 8. The minimum Gasteiger partial charge on any atom is -0.346 e. The van der Waals surface area contributed by atoms with Gasteiger partial charge in [0.05, 0.1) is 12.2 Å². The number of thiophene rings is 1. The quantitative estimate of drug-likeness (QED) is 0.801. The Morgan fingerprint density at radius 3 is 2.85 bits per heavy atom. The summed E-state index contributed by atoms with van der Waals surface area (Å²) >= 11 is 3.63. The maximum Gasteiger partial charge on any atom is 0.185 e. The van der Waals surface area contributed by atoms with Gasteiger partial charge in [0.1, 0.15) is 0 Å². The molecule has 0 bridgehead atoms. The molecule has 2 aromatic heterocycles. The molecule has 3 nitrogen and oxygen atoms in total. The van der Waals surface area contributed by atoms with E-state index >= 15 is 0 Å². The SMILES string of the molecule is CCCc1nc(N(C)Cc2cccs2)sc1CNCC. The van der Waals surface area contributed by atoms with Crippen molar-refractivity contribution in [2.75, 3.05) is 18.5 Å². The van der Waals surface area contributed by atoms with Crippen molar-refractivity contribution in [2.24, 2.45) is 0 Å². The van der Waals surface area contributed by atoms with Gasteiger partial charge in [0.15, 0.2) is 5.13 Å². The first kappa shape index (κ1) is 15.5. The Morgan fingerprint density at radius 1 is 1.35 bits per heavy atom. The molecule has 0 atom stereocenters. The molecule has 2 heterocycles. The first-order valence-corrected chi connectivity index (χ1v) is 8.87. The standard InChI is InChI=1S/C15H23N3S2/c1-4-7-13-14(10-16-5-2)20-15(17-13)18(3)11-12-8-6-9-19-12/h6,8-9,16H,4-5,7,10-11H2,1-3H3. The van der Waals surface area contributed by atoms with Crippen LogP contribution in [0.15, 0.2) is 17.5 Å². The lowest BCUT2D eigenvalue weighted by Crippen LogP contribution is -2.15. The summed E-state index contributed by atoms with van der Waals surface area (Å²) in [7, 11) is 2.13. The number of thiazole rings is 1. The van der Waals surface area contributed by atoms with Crippen LogP contribution in [0.3, 0.4) is 0 Å². The van der Waals surface area contributed by atoms with Crippen molar-refractivity contribution in [3.63, 3.8) is 0 Å². The fourth-order valence-electron chi connectivity index (χ4n) is 2.05. The number of aryl methyl sites for hydroxylation is 1. The number of nitrogens with one attached hydrogen (secondary N) is 1. The van der Waals surface area contributed by atoms with Crippen molar-refractivity contribution in [3.05, 3.63) is 33.0 Å². The van der Waals surface area contributed by atoms with Gasteiger partial charge in [-0.1, -0.05) is 26.3 Å². The first-order chi connectivity index (χ1) is 9.74. The summed E-state index contributed by atoms with van der Waals surface area (Å²) in [6, 6.07) is 4.29. The number of hydrogen-bond donors (Lipinski definition) is 1. The van der Waals surface area contributed by atoms with E-state index in [0.29, 0.717) is 0 Å². The van der Waals surface area contributed by atoms with Crippen LogP contribution in [0.4, 0.5) is 5.13 Å². The number of aromatic nitrogens is 1. The highest BCUT2D eigenvalue weighted by atomic mass is 32.1. The predicted molar refractivity (Wildman–Crippen MR) is 89.9 cm³/mol. The van der Waals surface area contributed by atoms with E-state index in [0.717, 1.165) is 37.6 Å². The van der Waals surface area contributed by atoms with Crippen LogP contribution >= 0.6 is 22.7 Å². The second-order valence-electron chi connectivity index (χ2n) is 4.83. The maximum atomic E-state index is 4.84. The van der Waals surface area contributed by atoms with Crippen molar-refractivity contribution in [1.29, 1.82) is 0 Å². The molecule has 0 saturated carbocycles. The van der Waals surface area contributed by atoms with Crippen LogP contribution in [0.25, 0.3) is 0 Å². The molecule has 0 unspecified atom stereocenters. The van der Waals surface area contributed by atoms with E-state index in [-0.39, 0.29) is 0 Å². The Morgan fingerprint density at radius 2 is 2.20 bits per heavy atom. The molecular formula is C15H23N3S2. The lowest BCUT2D eigenvalue weighted by atomic mass is 10.2. The van der Waals surface area contributed by atoms with Crippen LogP contribution in [0.2, 0.25) is 0 Å². The molecule has 2 aromatic rings. The molecule has 2 rings (SSSR count). The molecule has 0 amide bonds. The zero-order valence-electron chi connectivity index (χ0n) is 12.5. The van der Waals surface area contributed by atoms with E-state index in [2.05, 4.69) is 48.6 Å². The molecule has 0 aliphatic rings. The van der Waals surface area contributed by atoms with Gasteiger partial charge in [0.25, 0.3) is 0 Å². The summed E-state index contributed by atoms with van der Waals surface area (Å²) in [6.07, 6.45) is 2.22. The van der Waals surface area contributed by atoms with Crippen molar-refractivity contribution in [2.45, 2.75) is 39.8 Å². The van der Waals surface area contributed by atoms with Gasteiger partial charge in [-0.3, -0.25) is 0 Å². The Labute approximate surface area is 129 Å². The normalized spacial score (nSPS) is 10.9. The third kappa shape index (κ3) is 4.04. The number of anilines is 1. The van der Waals surface area contributed by atoms with Gasteiger partial charge in [0.2, 0.25) is 0 Å². The van der Waals surface area contributed by atoms with Crippen LogP contribution < -0.4 is 10.2 Å². The molecule has 0 aliphatic carbocycles. The second-order valence-corrected chi connectivity index (χ2v) is 6.93. The molecule has 0 aliphatic heterocycles. The van der Waals surface area contributed by atoms with Crippen LogP contribution in [-0.4, -0.2) is 18.6 Å². The Kier molecular flexibility index (Phi) is 6.01. The molecule has 0 fully saturated rings. The largest absolute Gasteiger partial charge is 0.346 e. The van der Waals surface area contributed by atoms with Crippen molar-refractivity contribution in [3.8, 4) is 0 Å². The fourth-order valence-corrected chi connectivity index (χ4v) is 3.84. The van der Waals surface area contributed by atoms with Gasteiger partial charge < -0.3 is 10.2 Å². The van der Waals surface area contributed by atoms with Crippen LogP contribution in [0.5, 0.6) is 0 Å². The Balaban J connectivity index is 2.09. The highest BCUT2D eigenvalue weighted by molar-refractivity contribution is 7.15. The smallest absolute Gasteiger partial charge is 0.185 e. The molecule has 0 aromatic carbocycles. The molecule has 110 valence electrons. The minimum atomic E-state index is 0.941. The Bertz CT molecular complexity index is 505. The summed E-state index contributed by atoms with van der Waals surface area (Å²) in [5.74, 6) is 0. The molecule has 20 heavy (non-hydrogen) atoms. The summed E-state index contributed by atoms with van der Waals surface area (Å²) in [6.45, 7) is 7.24. The molecule has 5 heteroatoms. The van der Waals surface area contributed by atoms with E-state index in [1.807, 2.05) is 11.3 Å². The van der Waals surface area contributed by atoms with Crippen molar-refractivity contribution in [1.82, 2.24) is 10.3 Å². The zero-order chi connectivity index (χ0) is 14.4. The Hall–Kier alpha value is -0.910. The van der Waals surface area contributed by atoms with Gasteiger partial charge in [-0.2, -0.15) is 0 Å². The van der Waals surface area contributed by atoms with Crippen LogP contribution in [-0.2, 0) is 19.5 Å². The van der Waals surface area contributed by atoms with Gasteiger partial charge >= 0.3 is 0 Å². The molecule has 0 radical (unpaired) electrons. The molecule has 0 saturated heterocycles. The topological polar surface area (TPSA) is 28.2 Å². The molecule has 0 spiro atoms. The van der Waals surface area contributed by atoms with E-state index < -0.39 is 0 Å². The minimum absolute atomic E-state index is 0.941. The van der Waals surface area contributed by atoms with Crippen LogP contribution in [0.1, 0.15) is 35.7 Å². The highest BCUT2D eigenvalue weighted by Gasteiger charge is 2.13. The molecular weight excluding hydrogens is 286 g/mol. The van der Waals surface area contributed by atoms with Gasteiger partial charge in [-0.15, -0.1) is 22.7 Å². The highest BCUT2D eigenvalue weighted by Crippen LogP contribution is 2.28. The average molecular weight is 310 g/mol. The summed E-state index contributed by atoms with van der Waals surface area (Å²) in [5, 5.41) is 6.68.